The summed E-state index contributed by atoms with van der Waals surface area (Å²) in [5.41, 5.74) is 6.04. The Kier molecular flexibility index (Phi) is 2.55. The molecule has 0 amide bonds. The highest BCUT2D eigenvalue weighted by atomic mass is 16.5. The molecular weight excluding hydrogens is 138 g/mol. The highest BCUT2D eigenvalue weighted by molar-refractivity contribution is 5.00. The Hall–Kier alpha value is -0.0800. The van der Waals surface area contributed by atoms with E-state index in [9.17, 15) is 0 Å². The Balaban J connectivity index is 2.28. The summed E-state index contributed by atoms with van der Waals surface area (Å²) in [6, 6.07) is 0.337. The first kappa shape index (κ1) is 9.01. The summed E-state index contributed by atoms with van der Waals surface area (Å²) in [5, 5.41) is 0. The van der Waals surface area contributed by atoms with E-state index in [1.54, 1.807) is 0 Å². The highest BCUT2D eigenvalue weighted by Gasteiger charge is 2.46. The van der Waals surface area contributed by atoms with Crippen molar-refractivity contribution in [2.75, 3.05) is 6.61 Å². The molecule has 0 heterocycles. The third-order valence-electron chi connectivity index (χ3n) is 2.78. The number of hydrogen-bond donors (Lipinski definition) is 1. The predicted molar refractivity (Wildman–Crippen MR) is 46.4 cm³/mol. The predicted octanol–water partition coefficient (Wildman–Crippen LogP) is 1.54. The molecule has 2 heteroatoms. The number of nitrogens with two attached hydrogens (primary N) is 1. The molecule has 0 aromatic carbocycles. The molecule has 1 rings (SSSR count). The molecule has 2 N–H and O–H groups in total. The van der Waals surface area contributed by atoms with E-state index in [0.717, 1.165) is 19.4 Å². The average molecular weight is 157 g/mol. The van der Waals surface area contributed by atoms with Crippen LogP contribution in [0.4, 0.5) is 0 Å². The van der Waals surface area contributed by atoms with Crippen molar-refractivity contribution < 1.29 is 4.74 Å². The molecule has 1 aliphatic carbocycles. The van der Waals surface area contributed by atoms with Crippen LogP contribution in [0, 0.1) is 5.41 Å². The van der Waals surface area contributed by atoms with Gasteiger partial charge in [0.25, 0.3) is 0 Å². The Labute approximate surface area is 69.1 Å². The van der Waals surface area contributed by atoms with Gasteiger partial charge in [0.2, 0.25) is 0 Å². The molecule has 66 valence electrons. The standard InChI is InChI=1S/C9H19NO/c1-4-5-11-8-6-7(10)9(8,2)3/h7-8H,4-6,10H2,1-3H3. The molecular formula is C9H19NO. The minimum atomic E-state index is 0.204. The van der Waals surface area contributed by atoms with Crippen molar-refractivity contribution >= 4 is 0 Å². The van der Waals surface area contributed by atoms with Gasteiger partial charge in [0, 0.05) is 18.1 Å². The van der Waals surface area contributed by atoms with Crippen LogP contribution in [-0.2, 0) is 4.74 Å². The van der Waals surface area contributed by atoms with Gasteiger partial charge in [-0.05, 0) is 12.8 Å². The molecule has 1 fully saturated rings. The van der Waals surface area contributed by atoms with Crippen LogP contribution in [0.2, 0.25) is 0 Å². The van der Waals surface area contributed by atoms with Gasteiger partial charge >= 0.3 is 0 Å². The fourth-order valence-corrected chi connectivity index (χ4v) is 1.46. The van der Waals surface area contributed by atoms with Gasteiger partial charge in [-0.1, -0.05) is 20.8 Å². The fourth-order valence-electron chi connectivity index (χ4n) is 1.46. The van der Waals surface area contributed by atoms with Crippen molar-refractivity contribution in [3.8, 4) is 0 Å². The van der Waals surface area contributed by atoms with Crippen LogP contribution in [0.3, 0.4) is 0 Å². The molecule has 2 unspecified atom stereocenters. The third kappa shape index (κ3) is 1.57. The molecule has 0 spiro atoms. The molecule has 0 aliphatic heterocycles. The summed E-state index contributed by atoms with van der Waals surface area (Å²) in [5.74, 6) is 0. The molecule has 2 atom stereocenters. The maximum absolute atomic E-state index is 5.84. The van der Waals surface area contributed by atoms with Crippen LogP contribution in [0.5, 0.6) is 0 Å². The van der Waals surface area contributed by atoms with Crippen molar-refractivity contribution in [2.45, 2.75) is 45.8 Å². The van der Waals surface area contributed by atoms with Gasteiger partial charge in [-0.3, -0.25) is 0 Å². The molecule has 11 heavy (non-hydrogen) atoms. The first-order valence-corrected chi connectivity index (χ1v) is 4.46. The molecule has 1 aliphatic rings. The molecule has 0 saturated heterocycles. The largest absolute Gasteiger partial charge is 0.378 e. The van der Waals surface area contributed by atoms with Crippen LogP contribution < -0.4 is 5.73 Å². The number of rotatable bonds is 3. The van der Waals surface area contributed by atoms with Crippen LogP contribution in [0.25, 0.3) is 0 Å². The molecule has 0 aromatic heterocycles. The quantitative estimate of drug-likeness (QED) is 0.674. The van der Waals surface area contributed by atoms with Gasteiger partial charge in [0.15, 0.2) is 0 Å². The minimum absolute atomic E-state index is 0.204. The Bertz CT molecular complexity index is 134. The van der Waals surface area contributed by atoms with Crippen molar-refractivity contribution in [3.63, 3.8) is 0 Å². The second-order valence-corrected chi connectivity index (χ2v) is 4.02. The maximum Gasteiger partial charge on any atom is 0.0655 e. The van der Waals surface area contributed by atoms with Crippen molar-refractivity contribution in [2.24, 2.45) is 11.1 Å². The Morgan fingerprint density at radius 1 is 1.55 bits per heavy atom. The van der Waals surface area contributed by atoms with Gasteiger partial charge in [-0.2, -0.15) is 0 Å². The number of ether oxygens (including phenoxy) is 1. The van der Waals surface area contributed by atoms with Gasteiger partial charge in [0.05, 0.1) is 6.10 Å². The fraction of sp³-hybridized carbons (Fsp3) is 1.00. The van der Waals surface area contributed by atoms with E-state index in [0.29, 0.717) is 12.1 Å². The molecule has 1 saturated carbocycles. The van der Waals surface area contributed by atoms with E-state index in [-0.39, 0.29) is 5.41 Å². The third-order valence-corrected chi connectivity index (χ3v) is 2.78. The lowest BCUT2D eigenvalue weighted by Crippen LogP contribution is -2.59. The lowest BCUT2D eigenvalue weighted by atomic mass is 9.65. The molecule has 0 bridgehead atoms. The maximum atomic E-state index is 5.84. The van der Waals surface area contributed by atoms with E-state index in [4.69, 9.17) is 10.5 Å². The molecule has 0 radical (unpaired) electrons. The first-order valence-electron chi connectivity index (χ1n) is 4.46. The minimum Gasteiger partial charge on any atom is -0.378 e. The second kappa shape index (κ2) is 3.11. The Morgan fingerprint density at radius 2 is 2.18 bits per heavy atom. The summed E-state index contributed by atoms with van der Waals surface area (Å²) >= 11 is 0. The zero-order chi connectivity index (χ0) is 8.48. The van der Waals surface area contributed by atoms with E-state index in [2.05, 4.69) is 20.8 Å². The second-order valence-electron chi connectivity index (χ2n) is 4.02. The van der Waals surface area contributed by atoms with Crippen LogP contribution in [-0.4, -0.2) is 18.8 Å². The van der Waals surface area contributed by atoms with E-state index >= 15 is 0 Å². The van der Waals surface area contributed by atoms with E-state index in [1.165, 1.54) is 0 Å². The smallest absolute Gasteiger partial charge is 0.0655 e. The van der Waals surface area contributed by atoms with Gasteiger partial charge < -0.3 is 10.5 Å². The van der Waals surface area contributed by atoms with Crippen LogP contribution in [0.1, 0.15) is 33.6 Å². The Morgan fingerprint density at radius 3 is 2.55 bits per heavy atom. The number of hydrogen-bond acceptors (Lipinski definition) is 2. The van der Waals surface area contributed by atoms with Crippen LogP contribution >= 0.6 is 0 Å². The monoisotopic (exact) mass is 157 g/mol. The van der Waals surface area contributed by atoms with E-state index in [1.807, 2.05) is 0 Å². The topological polar surface area (TPSA) is 35.2 Å². The summed E-state index contributed by atoms with van der Waals surface area (Å²) in [4.78, 5) is 0. The lowest BCUT2D eigenvalue weighted by molar-refractivity contribution is -0.107. The molecule has 2 nitrogen and oxygen atoms in total. The lowest BCUT2D eigenvalue weighted by Gasteiger charge is -2.49. The van der Waals surface area contributed by atoms with E-state index < -0.39 is 0 Å². The van der Waals surface area contributed by atoms with Crippen LogP contribution in [0.15, 0.2) is 0 Å². The van der Waals surface area contributed by atoms with Crippen molar-refractivity contribution in [1.82, 2.24) is 0 Å². The highest BCUT2D eigenvalue weighted by Crippen LogP contribution is 2.41. The SMILES string of the molecule is CCCOC1CC(N)C1(C)C. The van der Waals surface area contributed by atoms with Crippen molar-refractivity contribution in [1.29, 1.82) is 0 Å². The average Bonchev–Trinajstić information content (AvgIpc) is 1.97. The molecule has 0 aromatic rings. The van der Waals surface area contributed by atoms with Gasteiger partial charge in [-0.25, -0.2) is 0 Å². The van der Waals surface area contributed by atoms with Gasteiger partial charge in [0.1, 0.15) is 0 Å². The normalized spacial score (nSPS) is 34.9. The first-order chi connectivity index (χ1) is 5.09. The summed E-state index contributed by atoms with van der Waals surface area (Å²) < 4.78 is 5.63. The summed E-state index contributed by atoms with van der Waals surface area (Å²) in [6.45, 7) is 7.37. The van der Waals surface area contributed by atoms with Crippen molar-refractivity contribution in [3.05, 3.63) is 0 Å². The summed E-state index contributed by atoms with van der Waals surface area (Å²) in [6.07, 6.45) is 2.53. The zero-order valence-corrected chi connectivity index (χ0v) is 7.76. The zero-order valence-electron chi connectivity index (χ0n) is 7.76. The summed E-state index contributed by atoms with van der Waals surface area (Å²) in [7, 11) is 0. The van der Waals surface area contributed by atoms with Gasteiger partial charge in [-0.15, -0.1) is 0 Å².